The Balaban J connectivity index is 1.64. The first-order valence-electron chi connectivity index (χ1n) is 9.16. The van der Waals surface area contributed by atoms with Crippen molar-refractivity contribution in [2.24, 2.45) is 5.10 Å². The number of halogens is 1. The van der Waals surface area contributed by atoms with Crippen LogP contribution in [0.1, 0.15) is 35.1 Å². The number of nitrogens with zero attached hydrogens (tertiary/aromatic N) is 3. The van der Waals surface area contributed by atoms with E-state index in [4.69, 9.17) is 0 Å². The molecular weight excluding hydrogens is 395 g/mol. The fourth-order valence-corrected chi connectivity index (χ4v) is 5.03. The summed E-state index contributed by atoms with van der Waals surface area (Å²) in [5.41, 5.74) is 5.00. The highest BCUT2D eigenvalue weighted by Gasteiger charge is 2.28. The Morgan fingerprint density at radius 3 is 2.83 bits per heavy atom. The van der Waals surface area contributed by atoms with Crippen molar-refractivity contribution in [2.45, 2.75) is 31.7 Å². The summed E-state index contributed by atoms with van der Waals surface area (Å²) in [5, 5.41) is 4.09. The molecular formula is C20H19FN4O3S. The van der Waals surface area contributed by atoms with Gasteiger partial charge in [-0.2, -0.15) is 5.10 Å². The normalized spacial score (nSPS) is 16.7. The van der Waals surface area contributed by atoms with Crippen LogP contribution in [0, 0.1) is 12.7 Å². The Morgan fingerprint density at radius 2 is 2.07 bits per heavy atom. The molecule has 1 N–H and O–H groups in total. The van der Waals surface area contributed by atoms with E-state index < -0.39 is 21.6 Å². The summed E-state index contributed by atoms with van der Waals surface area (Å²) in [6, 6.07) is 8.66. The third kappa shape index (κ3) is 3.42. The molecule has 7 nitrogen and oxygen atoms in total. The first kappa shape index (κ1) is 19.3. The summed E-state index contributed by atoms with van der Waals surface area (Å²) in [7, 11) is -3.48. The van der Waals surface area contributed by atoms with Crippen LogP contribution in [0.15, 0.2) is 46.4 Å². The summed E-state index contributed by atoms with van der Waals surface area (Å²) < 4.78 is 40.1. The molecule has 1 aromatic heterocycles. The number of hydrazone groups is 1. The Labute approximate surface area is 167 Å². The monoisotopic (exact) mass is 414 g/mol. The van der Waals surface area contributed by atoms with Gasteiger partial charge in [-0.15, -0.1) is 0 Å². The Kier molecular flexibility index (Phi) is 4.70. The van der Waals surface area contributed by atoms with Crippen LogP contribution in [0.25, 0.3) is 11.0 Å². The first-order valence-corrected chi connectivity index (χ1v) is 10.8. The summed E-state index contributed by atoms with van der Waals surface area (Å²) in [6.07, 6.45) is 0.0954. The zero-order valence-electron chi connectivity index (χ0n) is 15.9. The Morgan fingerprint density at radius 1 is 1.28 bits per heavy atom. The molecule has 0 radical (unpaired) electrons. The van der Waals surface area contributed by atoms with Gasteiger partial charge in [0.25, 0.3) is 5.91 Å². The second kappa shape index (κ2) is 7.07. The topological polar surface area (TPSA) is 93.4 Å². The molecule has 9 heteroatoms. The number of hydrogen-bond donors (Lipinski definition) is 1. The van der Waals surface area contributed by atoms with Crippen LogP contribution in [0.5, 0.6) is 0 Å². The van der Waals surface area contributed by atoms with Crippen molar-refractivity contribution < 1.29 is 17.6 Å². The van der Waals surface area contributed by atoms with Crippen LogP contribution in [0.2, 0.25) is 0 Å². The minimum atomic E-state index is -3.48. The largest absolute Gasteiger partial charge is 0.329 e. The third-order valence-electron chi connectivity index (χ3n) is 5.01. The molecule has 0 saturated heterocycles. The predicted octanol–water partition coefficient (Wildman–Crippen LogP) is 2.82. The number of carbonyl (C=O) groups excluding carboxylic acids is 1. The molecule has 1 aliphatic rings. The minimum Gasteiger partial charge on any atom is -0.329 e. The van der Waals surface area contributed by atoms with E-state index in [1.807, 2.05) is 24.5 Å². The lowest BCUT2D eigenvalue weighted by atomic mass is 10.1. The van der Waals surface area contributed by atoms with Crippen molar-refractivity contribution >= 4 is 32.5 Å². The van der Waals surface area contributed by atoms with E-state index in [-0.39, 0.29) is 22.6 Å². The van der Waals surface area contributed by atoms with Crippen LogP contribution >= 0.6 is 0 Å². The van der Waals surface area contributed by atoms with Gasteiger partial charge in [0, 0.05) is 24.1 Å². The van der Waals surface area contributed by atoms with E-state index >= 15 is 0 Å². The van der Waals surface area contributed by atoms with Crippen LogP contribution in [0.4, 0.5) is 4.39 Å². The van der Waals surface area contributed by atoms with Crippen molar-refractivity contribution in [2.75, 3.05) is 5.75 Å². The number of sulfone groups is 1. The molecule has 2 heterocycles. The summed E-state index contributed by atoms with van der Waals surface area (Å²) in [4.78, 5) is 17.1. The minimum absolute atomic E-state index is 0.0279. The number of aryl methyl sites for hydroxylation is 2. The smallest absolute Gasteiger partial charge is 0.271 e. The molecule has 150 valence electrons. The second-order valence-corrected chi connectivity index (χ2v) is 8.89. The standard InChI is InChI=1S/C20H19FN4O3S/c1-3-25-12(2)22-17-10-13(4-6-18(17)25)20(26)24-23-16-8-9-29(27,28)19-7-5-14(21)11-15(16)19/h4-7,10-11H,3,8-9H2,1-2H3,(H,24,26)/b23-16-. The van der Waals surface area contributed by atoms with Gasteiger partial charge in [-0.05, 0) is 50.2 Å². The maximum absolute atomic E-state index is 13.6. The Hall–Kier alpha value is -3.07. The van der Waals surface area contributed by atoms with Gasteiger partial charge in [0.2, 0.25) is 0 Å². The van der Waals surface area contributed by atoms with Crippen LogP contribution in [-0.4, -0.2) is 35.3 Å². The van der Waals surface area contributed by atoms with Gasteiger partial charge in [-0.1, -0.05) is 0 Å². The van der Waals surface area contributed by atoms with Gasteiger partial charge in [0.05, 0.1) is 27.4 Å². The quantitative estimate of drug-likeness (QED) is 0.527. The molecule has 0 aliphatic carbocycles. The van der Waals surface area contributed by atoms with Gasteiger partial charge in [-0.25, -0.2) is 23.2 Å². The molecule has 0 atom stereocenters. The summed E-state index contributed by atoms with van der Waals surface area (Å²) >= 11 is 0. The molecule has 1 amide bonds. The number of nitrogens with one attached hydrogen (secondary N) is 1. The average molecular weight is 414 g/mol. The van der Waals surface area contributed by atoms with E-state index in [2.05, 4.69) is 15.5 Å². The number of amides is 1. The number of hydrogen-bond acceptors (Lipinski definition) is 5. The van der Waals surface area contributed by atoms with E-state index in [1.165, 1.54) is 6.07 Å². The average Bonchev–Trinajstić information content (AvgIpc) is 3.00. The van der Waals surface area contributed by atoms with Crippen molar-refractivity contribution in [1.82, 2.24) is 15.0 Å². The van der Waals surface area contributed by atoms with Gasteiger partial charge in [0.15, 0.2) is 9.84 Å². The van der Waals surface area contributed by atoms with Gasteiger partial charge >= 0.3 is 0 Å². The number of rotatable bonds is 3. The summed E-state index contributed by atoms with van der Waals surface area (Å²) in [6.45, 7) is 4.71. The lowest BCUT2D eigenvalue weighted by molar-refractivity contribution is 0.0955. The fourth-order valence-electron chi connectivity index (χ4n) is 3.56. The van der Waals surface area contributed by atoms with Crippen molar-refractivity contribution in [1.29, 1.82) is 0 Å². The zero-order valence-corrected chi connectivity index (χ0v) is 16.8. The molecule has 3 aromatic rings. The highest BCUT2D eigenvalue weighted by Crippen LogP contribution is 2.26. The van der Waals surface area contributed by atoms with Crippen LogP contribution < -0.4 is 5.43 Å². The first-order chi connectivity index (χ1) is 13.8. The highest BCUT2D eigenvalue weighted by molar-refractivity contribution is 7.91. The van der Waals surface area contributed by atoms with E-state index in [9.17, 15) is 17.6 Å². The van der Waals surface area contributed by atoms with Crippen molar-refractivity contribution in [3.63, 3.8) is 0 Å². The van der Waals surface area contributed by atoms with E-state index in [0.29, 0.717) is 16.8 Å². The van der Waals surface area contributed by atoms with Gasteiger partial charge in [0.1, 0.15) is 11.6 Å². The molecule has 0 saturated carbocycles. The Bertz CT molecular complexity index is 1280. The molecule has 4 rings (SSSR count). The van der Waals surface area contributed by atoms with Gasteiger partial charge < -0.3 is 4.57 Å². The predicted molar refractivity (Wildman–Crippen MR) is 107 cm³/mol. The number of fused-ring (bicyclic) bond motifs is 2. The van der Waals surface area contributed by atoms with Crippen molar-refractivity contribution in [3.05, 3.63) is 59.2 Å². The number of imidazole rings is 1. The lowest BCUT2D eigenvalue weighted by Gasteiger charge is -2.18. The second-order valence-electron chi connectivity index (χ2n) is 6.82. The van der Waals surface area contributed by atoms with Gasteiger partial charge in [-0.3, -0.25) is 4.79 Å². The molecule has 1 aliphatic heterocycles. The maximum Gasteiger partial charge on any atom is 0.271 e. The lowest BCUT2D eigenvalue weighted by Crippen LogP contribution is -2.26. The van der Waals surface area contributed by atoms with Crippen LogP contribution in [0.3, 0.4) is 0 Å². The molecule has 2 aromatic carbocycles. The third-order valence-corrected chi connectivity index (χ3v) is 6.77. The number of carbonyl (C=O) groups is 1. The maximum atomic E-state index is 13.6. The van der Waals surface area contributed by atoms with E-state index in [0.717, 1.165) is 30.0 Å². The number of aromatic nitrogens is 2. The van der Waals surface area contributed by atoms with Crippen molar-refractivity contribution in [3.8, 4) is 0 Å². The molecule has 29 heavy (non-hydrogen) atoms. The fraction of sp³-hybridized carbons (Fsp3) is 0.250. The van der Waals surface area contributed by atoms with Crippen LogP contribution in [-0.2, 0) is 16.4 Å². The molecule has 0 spiro atoms. The summed E-state index contributed by atoms with van der Waals surface area (Å²) in [5.74, 6) is -0.288. The zero-order chi connectivity index (χ0) is 20.8. The molecule has 0 unspecified atom stereocenters. The molecule has 0 bridgehead atoms. The SMILES string of the molecule is CCn1c(C)nc2cc(C(=O)N/N=C3/CCS(=O)(=O)c4ccc(F)cc43)ccc21. The number of benzene rings is 2. The van der Waals surface area contributed by atoms with E-state index in [1.54, 1.807) is 12.1 Å². The molecule has 0 fully saturated rings. The highest BCUT2D eigenvalue weighted by atomic mass is 32.2.